The molecule has 2 aromatic heterocycles. The third-order valence-corrected chi connectivity index (χ3v) is 6.45. The van der Waals surface area contributed by atoms with Crippen LogP contribution < -0.4 is 15.5 Å². The van der Waals surface area contributed by atoms with Crippen molar-refractivity contribution >= 4 is 39.2 Å². The van der Waals surface area contributed by atoms with Crippen molar-refractivity contribution in [1.29, 1.82) is 0 Å². The minimum absolute atomic E-state index is 0.237. The standard InChI is InChI=1S/C26H21BrF3N5O2/c1-15-7-8-32-22-6-5-21(16-3-2-4-18(9-16)26(28,29)30)34-24(22)35(15)25(36)33-20-11-17(10-19(27)12-20)23-13-31-14-37-23/h2-6,9-15,32H,7-8H2,1H3,(H,33,36)/t15-/m1/s1. The van der Waals surface area contributed by atoms with E-state index in [1.807, 2.05) is 13.0 Å². The molecule has 0 unspecified atom stereocenters. The molecule has 2 N–H and O–H groups in total. The Morgan fingerprint density at radius 2 is 2.00 bits per heavy atom. The van der Waals surface area contributed by atoms with Gasteiger partial charge in [0.2, 0.25) is 0 Å². The summed E-state index contributed by atoms with van der Waals surface area (Å²) in [6.45, 7) is 2.50. The normalized spacial score (nSPS) is 15.5. The van der Waals surface area contributed by atoms with Gasteiger partial charge in [0.25, 0.3) is 0 Å². The molecule has 0 radical (unpaired) electrons. The predicted molar refractivity (Wildman–Crippen MR) is 138 cm³/mol. The lowest BCUT2D eigenvalue weighted by Crippen LogP contribution is -2.42. The van der Waals surface area contributed by atoms with E-state index in [0.717, 1.165) is 22.2 Å². The highest BCUT2D eigenvalue weighted by Gasteiger charge is 2.31. The number of nitrogens with one attached hydrogen (secondary N) is 2. The van der Waals surface area contributed by atoms with Gasteiger partial charge in [-0.2, -0.15) is 13.2 Å². The van der Waals surface area contributed by atoms with Gasteiger partial charge in [0.05, 0.1) is 23.1 Å². The number of hydrogen-bond donors (Lipinski definition) is 2. The van der Waals surface area contributed by atoms with Crippen LogP contribution in [0.15, 0.2) is 76.1 Å². The number of benzene rings is 2. The third kappa shape index (κ3) is 5.31. The fourth-order valence-corrected chi connectivity index (χ4v) is 4.67. The molecule has 1 atom stereocenters. The molecule has 1 aliphatic heterocycles. The minimum atomic E-state index is -4.47. The summed E-state index contributed by atoms with van der Waals surface area (Å²) < 4.78 is 45.9. The maximum Gasteiger partial charge on any atom is 0.416 e. The number of alkyl halides is 3. The van der Waals surface area contributed by atoms with E-state index in [1.165, 1.54) is 17.4 Å². The van der Waals surface area contributed by atoms with Crippen molar-refractivity contribution in [2.75, 3.05) is 22.1 Å². The topological polar surface area (TPSA) is 83.3 Å². The van der Waals surface area contributed by atoms with Crippen LogP contribution in [0.2, 0.25) is 0 Å². The molecule has 4 aromatic rings. The number of halogens is 4. The number of nitrogens with zero attached hydrogens (tertiary/aromatic N) is 3. The van der Waals surface area contributed by atoms with Crippen LogP contribution in [0, 0.1) is 0 Å². The lowest BCUT2D eigenvalue weighted by molar-refractivity contribution is -0.137. The fourth-order valence-electron chi connectivity index (χ4n) is 4.18. The number of pyridine rings is 1. The monoisotopic (exact) mass is 571 g/mol. The maximum absolute atomic E-state index is 13.6. The number of fused-ring (bicyclic) bond motifs is 1. The SMILES string of the molecule is C[C@@H]1CCNc2ccc(-c3cccc(C(F)(F)F)c3)nc2N1C(=O)Nc1cc(Br)cc(-c2cnco2)c1. The molecule has 0 spiro atoms. The Hall–Kier alpha value is -3.86. The maximum atomic E-state index is 13.6. The lowest BCUT2D eigenvalue weighted by atomic mass is 10.1. The summed E-state index contributed by atoms with van der Waals surface area (Å²) >= 11 is 3.46. The van der Waals surface area contributed by atoms with Gasteiger partial charge in [-0.3, -0.25) is 4.90 Å². The summed E-state index contributed by atoms with van der Waals surface area (Å²) in [6.07, 6.45) is -0.931. The van der Waals surface area contributed by atoms with Crippen molar-refractivity contribution in [3.05, 3.63) is 77.2 Å². The first-order valence-electron chi connectivity index (χ1n) is 11.4. The van der Waals surface area contributed by atoms with E-state index in [9.17, 15) is 18.0 Å². The Kier molecular flexibility index (Phi) is 6.63. The number of carbonyl (C=O) groups excluding carboxylic acids is 1. The molecule has 0 saturated heterocycles. The van der Waals surface area contributed by atoms with Gasteiger partial charge in [0.15, 0.2) is 18.0 Å². The van der Waals surface area contributed by atoms with Gasteiger partial charge in [-0.15, -0.1) is 0 Å². The van der Waals surface area contributed by atoms with Gasteiger partial charge in [-0.25, -0.2) is 14.8 Å². The first kappa shape index (κ1) is 24.8. The third-order valence-electron chi connectivity index (χ3n) is 5.99. The number of urea groups is 1. The van der Waals surface area contributed by atoms with E-state index >= 15 is 0 Å². The molecule has 2 aromatic carbocycles. The van der Waals surface area contributed by atoms with Crippen molar-refractivity contribution in [3.8, 4) is 22.6 Å². The molecule has 190 valence electrons. The fraction of sp³-hybridized carbons (Fsp3) is 0.192. The average Bonchev–Trinajstić information content (AvgIpc) is 3.34. The molecule has 3 heterocycles. The van der Waals surface area contributed by atoms with E-state index in [2.05, 4.69) is 36.5 Å². The van der Waals surface area contributed by atoms with Crippen LogP contribution in [-0.2, 0) is 6.18 Å². The van der Waals surface area contributed by atoms with Crippen molar-refractivity contribution in [3.63, 3.8) is 0 Å². The first-order chi connectivity index (χ1) is 17.7. The summed E-state index contributed by atoms with van der Waals surface area (Å²) in [7, 11) is 0. The zero-order valence-corrected chi connectivity index (χ0v) is 21.1. The molecule has 5 rings (SSSR count). The minimum Gasteiger partial charge on any atom is -0.444 e. The summed E-state index contributed by atoms with van der Waals surface area (Å²) in [5, 5.41) is 6.18. The van der Waals surface area contributed by atoms with Crippen LogP contribution in [0.25, 0.3) is 22.6 Å². The Bertz CT molecular complexity index is 1440. The second-order valence-electron chi connectivity index (χ2n) is 8.61. The van der Waals surface area contributed by atoms with Crippen molar-refractivity contribution < 1.29 is 22.4 Å². The van der Waals surface area contributed by atoms with Crippen LogP contribution in [-0.4, -0.2) is 28.6 Å². The second-order valence-corrected chi connectivity index (χ2v) is 9.52. The zero-order chi connectivity index (χ0) is 26.2. The van der Waals surface area contributed by atoms with E-state index in [-0.39, 0.29) is 6.04 Å². The molecule has 0 saturated carbocycles. The van der Waals surface area contributed by atoms with Crippen LogP contribution in [0.4, 0.5) is 35.2 Å². The number of oxazole rings is 1. The van der Waals surface area contributed by atoms with Gasteiger partial charge < -0.3 is 15.1 Å². The summed E-state index contributed by atoms with van der Waals surface area (Å²) in [6, 6.07) is 13.1. The molecule has 0 aliphatic carbocycles. The number of hydrogen-bond acceptors (Lipinski definition) is 5. The molecular formula is C26H21BrF3N5O2. The van der Waals surface area contributed by atoms with Gasteiger partial charge in [0.1, 0.15) is 0 Å². The zero-order valence-electron chi connectivity index (χ0n) is 19.5. The number of carbonyl (C=O) groups is 1. The largest absolute Gasteiger partial charge is 0.444 e. The van der Waals surface area contributed by atoms with Crippen LogP contribution >= 0.6 is 15.9 Å². The molecule has 2 amide bonds. The quantitative estimate of drug-likeness (QED) is 0.267. The molecular weight excluding hydrogens is 551 g/mol. The van der Waals surface area contributed by atoms with Crippen molar-refractivity contribution in [2.45, 2.75) is 25.6 Å². The number of anilines is 3. The van der Waals surface area contributed by atoms with Gasteiger partial charge in [-0.1, -0.05) is 28.1 Å². The van der Waals surface area contributed by atoms with Crippen molar-refractivity contribution in [1.82, 2.24) is 9.97 Å². The van der Waals surface area contributed by atoms with Gasteiger partial charge in [-0.05, 0) is 55.8 Å². The molecule has 0 bridgehead atoms. The van der Waals surface area contributed by atoms with Crippen molar-refractivity contribution in [2.24, 2.45) is 0 Å². The summed E-state index contributed by atoms with van der Waals surface area (Å²) in [5.41, 5.74) is 1.72. The van der Waals surface area contributed by atoms with Crippen LogP contribution in [0.3, 0.4) is 0 Å². The number of rotatable bonds is 3. The predicted octanol–water partition coefficient (Wildman–Crippen LogP) is 7.43. The molecule has 11 heteroatoms. The summed E-state index contributed by atoms with van der Waals surface area (Å²) in [4.78, 5) is 23.7. The smallest absolute Gasteiger partial charge is 0.416 e. The number of amides is 2. The molecule has 0 fully saturated rings. The van der Waals surface area contributed by atoms with Gasteiger partial charge >= 0.3 is 12.2 Å². The highest BCUT2D eigenvalue weighted by Crippen LogP contribution is 2.36. The average molecular weight is 572 g/mol. The van der Waals surface area contributed by atoms with Crippen LogP contribution in [0.1, 0.15) is 18.9 Å². The van der Waals surface area contributed by atoms with E-state index in [0.29, 0.717) is 47.2 Å². The van der Waals surface area contributed by atoms with Crippen LogP contribution in [0.5, 0.6) is 0 Å². The molecule has 37 heavy (non-hydrogen) atoms. The molecule has 7 nitrogen and oxygen atoms in total. The Morgan fingerprint density at radius 3 is 2.76 bits per heavy atom. The lowest BCUT2D eigenvalue weighted by Gasteiger charge is -2.28. The Labute approximate surface area is 218 Å². The summed E-state index contributed by atoms with van der Waals surface area (Å²) in [5.74, 6) is 0.879. The van der Waals surface area contributed by atoms with E-state index in [1.54, 1.807) is 36.5 Å². The van der Waals surface area contributed by atoms with Gasteiger partial charge in [0, 0.05) is 33.9 Å². The second kappa shape index (κ2) is 9.89. The highest BCUT2D eigenvalue weighted by atomic mass is 79.9. The van der Waals surface area contributed by atoms with E-state index < -0.39 is 17.8 Å². The highest BCUT2D eigenvalue weighted by molar-refractivity contribution is 9.10. The number of aromatic nitrogens is 2. The molecule has 1 aliphatic rings. The van der Waals surface area contributed by atoms with E-state index in [4.69, 9.17) is 4.42 Å². The Morgan fingerprint density at radius 1 is 1.16 bits per heavy atom. The Balaban J connectivity index is 1.50. The first-order valence-corrected chi connectivity index (χ1v) is 12.2.